The number of amides is 3. The van der Waals surface area contributed by atoms with Gasteiger partial charge >= 0.3 is 0 Å². The maximum atomic E-state index is 12.7. The van der Waals surface area contributed by atoms with E-state index < -0.39 is 36.1 Å². The van der Waals surface area contributed by atoms with Crippen LogP contribution in [0.2, 0.25) is 0 Å². The first-order chi connectivity index (χ1) is 13.8. The van der Waals surface area contributed by atoms with Crippen molar-refractivity contribution in [1.82, 2.24) is 16.0 Å². The summed E-state index contributed by atoms with van der Waals surface area (Å²) in [4.78, 5) is 37.7. The molecule has 5 atom stereocenters. The predicted octanol–water partition coefficient (Wildman–Crippen LogP) is -1.45. The third kappa shape index (κ3) is 5.41. The van der Waals surface area contributed by atoms with E-state index in [0.717, 1.165) is 17.8 Å². The Balaban J connectivity index is 1.68. The molecule has 3 rings (SSSR count). The molecule has 0 bridgehead atoms. The summed E-state index contributed by atoms with van der Waals surface area (Å²) >= 11 is 1.45. The number of rotatable bonds is 7. The van der Waals surface area contributed by atoms with E-state index in [4.69, 9.17) is 5.73 Å². The molecule has 2 heterocycles. The first-order valence-corrected chi connectivity index (χ1v) is 10.5. The van der Waals surface area contributed by atoms with Crippen LogP contribution in [0.3, 0.4) is 0 Å². The SMILES string of the molecule is NC(=O)C(Cc1cccs1)NC(=O)C1=CC(NC(=O)C2CCCN2)C(O)C(O)C1. The van der Waals surface area contributed by atoms with Crippen LogP contribution in [0.25, 0.3) is 0 Å². The number of hydrogen-bond donors (Lipinski definition) is 6. The van der Waals surface area contributed by atoms with E-state index in [-0.39, 0.29) is 30.4 Å². The van der Waals surface area contributed by atoms with E-state index in [2.05, 4.69) is 16.0 Å². The third-order valence-corrected chi connectivity index (χ3v) is 6.08. The molecule has 2 aliphatic rings. The number of aliphatic hydroxyl groups is 2. The highest BCUT2D eigenvalue weighted by atomic mass is 32.1. The van der Waals surface area contributed by atoms with Crippen LogP contribution in [0.4, 0.5) is 0 Å². The van der Waals surface area contributed by atoms with Crippen LogP contribution >= 0.6 is 11.3 Å². The molecule has 0 aromatic carbocycles. The van der Waals surface area contributed by atoms with Crippen molar-refractivity contribution >= 4 is 29.1 Å². The second kappa shape index (κ2) is 9.49. The zero-order chi connectivity index (χ0) is 21.0. The van der Waals surface area contributed by atoms with Crippen LogP contribution in [-0.2, 0) is 20.8 Å². The number of nitrogens with two attached hydrogens (primary N) is 1. The number of primary amides is 1. The second-order valence-corrected chi connectivity index (χ2v) is 8.38. The first kappa shape index (κ1) is 21.4. The monoisotopic (exact) mass is 422 g/mol. The third-order valence-electron chi connectivity index (χ3n) is 5.18. The van der Waals surface area contributed by atoms with Crippen LogP contribution in [-0.4, -0.2) is 64.8 Å². The molecule has 1 aromatic heterocycles. The summed E-state index contributed by atoms with van der Waals surface area (Å²) in [5.41, 5.74) is 5.61. The van der Waals surface area contributed by atoms with E-state index in [1.807, 2.05) is 17.5 Å². The van der Waals surface area contributed by atoms with Gasteiger partial charge in [0, 0.05) is 23.3 Å². The Bertz CT molecular complexity index is 776. The standard InChI is InChI=1S/C19H26N4O5S/c20-17(26)14(9-11-3-2-6-29-11)23-18(27)10-7-13(16(25)15(24)8-10)22-19(28)12-4-1-5-21-12/h2-3,6-7,12-16,21,24-25H,1,4-5,8-9H2,(H2,20,26)(H,22,28)(H,23,27). The minimum absolute atomic E-state index is 0.0917. The van der Waals surface area contributed by atoms with Gasteiger partial charge in [-0.1, -0.05) is 12.1 Å². The van der Waals surface area contributed by atoms with Gasteiger partial charge in [-0.25, -0.2) is 0 Å². The molecule has 3 amide bonds. The van der Waals surface area contributed by atoms with Crippen LogP contribution in [0.5, 0.6) is 0 Å². The number of aliphatic hydroxyl groups excluding tert-OH is 2. The van der Waals surface area contributed by atoms with Gasteiger partial charge in [-0.15, -0.1) is 11.3 Å². The Hall–Kier alpha value is -2.27. The van der Waals surface area contributed by atoms with Crippen molar-refractivity contribution in [3.63, 3.8) is 0 Å². The van der Waals surface area contributed by atoms with E-state index in [9.17, 15) is 24.6 Å². The van der Waals surface area contributed by atoms with Crippen molar-refractivity contribution in [2.45, 2.75) is 56.0 Å². The molecular formula is C19H26N4O5S. The summed E-state index contributed by atoms with van der Waals surface area (Å²) in [6, 6.07) is 1.53. The highest BCUT2D eigenvalue weighted by Gasteiger charge is 2.35. The highest BCUT2D eigenvalue weighted by Crippen LogP contribution is 2.21. The minimum Gasteiger partial charge on any atom is -0.390 e. The quantitative estimate of drug-likeness (QED) is 0.316. The summed E-state index contributed by atoms with van der Waals surface area (Å²) < 4.78 is 0. The molecule has 1 aliphatic carbocycles. The van der Waals surface area contributed by atoms with Crippen molar-refractivity contribution in [3.05, 3.63) is 34.0 Å². The molecule has 7 N–H and O–H groups in total. The number of hydrogen-bond acceptors (Lipinski definition) is 7. The average molecular weight is 423 g/mol. The topological polar surface area (TPSA) is 154 Å². The van der Waals surface area contributed by atoms with Gasteiger partial charge in [-0.3, -0.25) is 14.4 Å². The molecule has 0 radical (unpaired) electrons. The minimum atomic E-state index is -1.23. The molecule has 5 unspecified atom stereocenters. The van der Waals surface area contributed by atoms with Crippen LogP contribution in [0.15, 0.2) is 29.2 Å². The van der Waals surface area contributed by atoms with Gasteiger partial charge in [0.25, 0.3) is 0 Å². The molecule has 158 valence electrons. The van der Waals surface area contributed by atoms with Crippen LogP contribution in [0, 0.1) is 0 Å². The highest BCUT2D eigenvalue weighted by molar-refractivity contribution is 7.09. The lowest BCUT2D eigenvalue weighted by Gasteiger charge is -2.32. The lowest BCUT2D eigenvalue weighted by molar-refractivity contribution is -0.126. The molecule has 0 saturated carbocycles. The van der Waals surface area contributed by atoms with Gasteiger partial charge in [0.05, 0.1) is 18.2 Å². The largest absolute Gasteiger partial charge is 0.390 e. The summed E-state index contributed by atoms with van der Waals surface area (Å²) in [5, 5.41) is 30.6. The lowest BCUT2D eigenvalue weighted by Crippen LogP contribution is -2.54. The maximum Gasteiger partial charge on any atom is 0.247 e. The van der Waals surface area contributed by atoms with Gasteiger partial charge in [0.15, 0.2) is 0 Å². The number of carbonyl (C=O) groups is 3. The average Bonchev–Trinajstić information content (AvgIpc) is 3.38. The van der Waals surface area contributed by atoms with E-state index >= 15 is 0 Å². The number of nitrogens with one attached hydrogen (secondary N) is 3. The Morgan fingerprint density at radius 3 is 2.76 bits per heavy atom. The molecule has 10 heteroatoms. The van der Waals surface area contributed by atoms with E-state index in [0.29, 0.717) is 6.42 Å². The van der Waals surface area contributed by atoms with Gasteiger partial charge in [-0.2, -0.15) is 0 Å². The van der Waals surface area contributed by atoms with Crippen molar-refractivity contribution in [1.29, 1.82) is 0 Å². The zero-order valence-corrected chi connectivity index (χ0v) is 16.7. The maximum absolute atomic E-state index is 12.7. The van der Waals surface area contributed by atoms with Crippen molar-refractivity contribution in [2.75, 3.05) is 6.54 Å². The first-order valence-electron chi connectivity index (χ1n) is 9.58. The smallest absolute Gasteiger partial charge is 0.247 e. The molecule has 0 spiro atoms. The summed E-state index contributed by atoms with van der Waals surface area (Å²) in [6.07, 6.45) is 0.744. The Morgan fingerprint density at radius 1 is 1.34 bits per heavy atom. The summed E-state index contributed by atoms with van der Waals surface area (Å²) in [6.45, 7) is 0.746. The molecule has 1 aliphatic heterocycles. The Kier molecular flexibility index (Phi) is 7.01. The van der Waals surface area contributed by atoms with Gasteiger partial charge < -0.3 is 31.9 Å². The number of thiophene rings is 1. The molecule has 1 aromatic rings. The van der Waals surface area contributed by atoms with E-state index in [1.54, 1.807) is 0 Å². The fourth-order valence-corrected chi connectivity index (χ4v) is 4.29. The van der Waals surface area contributed by atoms with Crippen molar-refractivity contribution < 1.29 is 24.6 Å². The van der Waals surface area contributed by atoms with Gasteiger partial charge in [0.2, 0.25) is 17.7 Å². The van der Waals surface area contributed by atoms with Gasteiger partial charge in [-0.05, 0) is 30.8 Å². The molecule has 29 heavy (non-hydrogen) atoms. The second-order valence-electron chi connectivity index (χ2n) is 7.35. The molecule has 1 fully saturated rings. The van der Waals surface area contributed by atoms with Crippen LogP contribution in [0.1, 0.15) is 24.1 Å². The fourth-order valence-electron chi connectivity index (χ4n) is 3.54. The fraction of sp³-hybridized carbons (Fsp3) is 0.526. The summed E-state index contributed by atoms with van der Waals surface area (Å²) in [7, 11) is 0. The lowest BCUT2D eigenvalue weighted by atomic mass is 9.89. The summed E-state index contributed by atoms with van der Waals surface area (Å²) in [5.74, 6) is -1.51. The molecule has 9 nitrogen and oxygen atoms in total. The molecular weight excluding hydrogens is 396 g/mol. The van der Waals surface area contributed by atoms with Crippen molar-refractivity contribution in [2.24, 2.45) is 5.73 Å². The zero-order valence-electron chi connectivity index (χ0n) is 15.8. The van der Waals surface area contributed by atoms with Crippen molar-refractivity contribution in [3.8, 4) is 0 Å². The number of carbonyl (C=O) groups excluding carboxylic acids is 3. The Labute approximate surface area is 172 Å². The van der Waals surface area contributed by atoms with Crippen LogP contribution < -0.4 is 21.7 Å². The Morgan fingerprint density at radius 2 is 2.14 bits per heavy atom. The molecule has 1 saturated heterocycles. The predicted molar refractivity (Wildman–Crippen MR) is 107 cm³/mol. The van der Waals surface area contributed by atoms with E-state index in [1.165, 1.54) is 17.4 Å². The normalized spacial score (nSPS) is 27.7. The van der Waals surface area contributed by atoms with Gasteiger partial charge in [0.1, 0.15) is 12.1 Å².